The molecule has 0 aromatic rings. The molecule has 5 heteroatoms. The molecule has 0 heterocycles. The minimum Gasteiger partial charge on any atom is -0.463 e. The topological polar surface area (TPSA) is 83.8 Å². The summed E-state index contributed by atoms with van der Waals surface area (Å²) in [6.45, 7) is 3.97. The number of ether oxygens (including phenoxy) is 1. The predicted molar refractivity (Wildman–Crippen MR) is 93.1 cm³/mol. The Bertz CT molecular complexity index is 375. The molecule has 0 radical (unpaired) electrons. The van der Waals surface area contributed by atoms with Crippen molar-refractivity contribution in [2.75, 3.05) is 6.61 Å². The molecule has 2 aliphatic rings. The summed E-state index contributed by atoms with van der Waals surface area (Å²) < 4.78 is 5.04. The van der Waals surface area contributed by atoms with Gasteiger partial charge in [0.2, 0.25) is 0 Å². The van der Waals surface area contributed by atoms with Gasteiger partial charge in [-0.1, -0.05) is 51.5 Å². The summed E-state index contributed by atoms with van der Waals surface area (Å²) >= 11 is 0. The summed E-state index contributed by atoms with van der Waals surface area (Å²) in [4.78, 5) is 19.5. The van der Waals surface area contributed by atoms with Crippen LogP contribution in [0.5, 0.6) is 0 Å². The molecule has 0 bridgehead atoms. The molecule has 2 fully saturated rings. The van der Waals surface area contributed by atoms with Crippen molar-refractivity contribution in [3.8, 4) is 0 Å². The first-order valence-corrected chi connectivity index (χ1v) is 9.24. The molecule has 2 rings (SSSR count). The van der Waals surface area contributed by atoms with E-state index in [1.165, 1.54) is 70.3 Å². The van der Waals surface area contributed by atoms with Crippen LogP contribution in [-0.2, 0) is 9.53 Å². The summed E-state index contributed by atoms with van der Waals surface area (Å²) in [6.07, 6.45) is 14.7. The van der Waals surface area contributed by atoms with Crippen LogP contribution in [0.25, 0.3) is 0 Å². The molecule has 0 aromatic carbocycles. The SMILES string of the molecule is C=CC(=O)OCCCC1CCC(C2CCCCC2)CC1.O=C(O)O. The molecule has 0 atom stereocenters. The van der Waals surface area contributed by atoms with E-state index in [0.717, 1.165) is 24.2 Å². The van der Waals surface area contributed by atoms with Gasteiger partial charge in [-0.2, -0.15) is 0 Å². The van der Waals surface area contributed by atoms with Gasteiger partial charge in [0.1, 0.15) is 0 Å². The van der Waals surface area contributed by atoms with Crippen LogP contribution in [0.3, 0.4) is 0 Å². The molecule has 5 nitrogen and oxygen atoms in total. The molecule has 0 saturated heterocycles. The Balaban J connectivity index is 0.000000648. The van der Waals surface area contributed by atoms with Crippen LogP contribution in [-0.4, -0.2) is 28.9 Å². The molecule has 2 saturated carbocycles. The molecule has 24 heavy (non-hydrogen) atoms. The highest BCUT2D eigenvalue weighted by Gasteiger charge is 2.28. The van der Waals surface area contributed by atoms with Crippen molar-refractivity contribution in [2.24, 2.45) is 17.8 Å². The molecule has 0 amide bonds. The highest BCUT2D eigenvalue weighted by atomic mass is 16.6. The van der Waals surface area contributed by atoms with E-state index >= 15 is 0 Å². The third kappa shape index (κ3) is 8.94. The van der Waals surface area contributed by atoms with Gasteiger partial charge in [0.25, 0.3) is 0 Å². The molecular weight excluding hydrogens is 308 g/mol. The summed E-state index contributed by atoms with van der Waals surface area (Å²) in [5, 5.41) is 13.9. The van der Waals surface area contributed by atoms with E-state index in [1.807, 2.05) is 0 Å². The monoisotopic (exact) mass is 340 g/mol. The smallest absolute Gasteiger partial charge is 0.463 e. The molecular formula is C19H32O5. The van der Waals surface area contributed by atoms with Crippen molar-refractivity contribution < 1.29 is 24.5 Å². The summed E-state index contributed by atoms with van der Waals surface area (Å²) in [5.74, 6) is 2.65. The zero-order valence-electron chi connectivity index (χ0n) is 14.6. The Morgan fingerprint density at radius 2 is 1.50 bits per heavy atom. The van der Waals surface area contributed by atoms with Gasteiger partial charge in [-0.05, 0) is 43.4 Å². The Hall–Kier alpha value is -1.52. The number of rotatable bonds is 6. The maximum Gasteiger partial charge on any atom is 0.503 e. The second-order valence-corrected chi connectivity index (χ2v) is 6.98. The van der Waals surface area contributed by atoms with Crippen LogP contribution in [0.4, 0.5) is 4.79 Å². The normalized spacial score (nSPS) is 24.3. The number of carboxylic acid groups (broad SMARTS) is 2. The van der Waals surface area contributed by atoms with Crippen molar-refractivity contribution in [2.45, 2.75) is 70.6 Å². The Kier molecular flexibility index (Phi) is 10.2. The minimum atomic E-state index is -1.83. The molecule has 0 aromatic heterocycles. The molecule has 138 valence electrons. The van der Waals surface area contributed by atoms with Gasteiger partial charge in [-0.15, -0.1) is 0 Å². The van der Waals surface area contributed by atoms with Gasteiger partial charge < -0.3 is 14.9 Å². The van der Waals surface area contributed by atoms with E-state index < -0.39 is 6.16 Å². The summed E-state index contributed by atoms with van der Waals surface area (Å²) in [6, 6.07) is 0. The maximum atomic E-state index is 10.9. The van der Waals surface area contributed by atoms with Gasteiger partial charge in [0.15, 0.2) is 0 Å². The van der Waals surface area contributed by atoms with Crippen molar-refractivity contribution >= 4 is 12.1 Å². The quantitative estimate of drug-likeness (QED) is 0.399. The number of hydrogen-bond donors (Lipinski definition) is 2. The van der Waals surface area contributed by atoms with Gasteiger partial charge in [0.05, 0.1) is 6.61 Å². The van der Waals surface area contributed by atoms with Gasteiger partial charge >= 0.3 is 12.1 Å². The van der Waals surface area contributed by atoms with Crippen LogP contribution in [0, 0.1) is 17.8 Å². The second kappa shape index (κ2) is 11.9. The van der Waals surface area contributed by atoms with Crippen molar-refractivity contribution in [3.05, 3.63) is 12.7 Å². The lowest BCUT2D eigenvalue weighted by atomic mass is 9.70. The van der Waals surface area contributed by atoms with Crippen LogP contribution < -0.4 is 0 Å². The van der Waals surface area contributed by atoms with Crippen molar-refractivity contribution in [1.29, 1.82) is 0 Å². The fourth-order valence-electron chi connectivity index (χ4n) is 4.16. The van der Waals surface area contributed by atoms with E-state index in [0.29, 0.717) is 6.61 Å². The lowest BCUT2D eigenvalue weighted by Gasteiger charge is -2.35. The van der Waals surface area contributed by atoms with Crippen LogP contribution >= 0.6 is 0 Å². The third-order valence-corrected chi connectivity index (χ3v) is 5.38. The van der Waals surface area contributed by atoms with Gasteiger partial charge in [-0.3, -0.25) is 0 Å². The molecule has 2 aliphatic carbocycles. The second-order valence-electron chi connectivity index (χ2n) is 6.98. The fraction of sp³-hybridized carbons (Fsp3) is 0.789. The van der Waals surface area contributed by atoms with Crippen LogP contribution in [0.1, 0.15) is 70.6 Å². The van der Waals surface area contributed by atoms with Crippen molar-refractivity contribution in [1.82, 2.24) is 0 Å². The predicted octanol–water partition coefficient (Wildman–Crippen LogP) is 5.10. The first-order chi connectivity index (χ1) is 11.5. The minimum absolute atomic E-state index is 0.286. The average molecular weight is 340 g/mol. The fourth-order valence-corrected chi connectivity index (χ4v) is 4.16. The van der Waals surface area contributed by atoms with E-state index in [-0.39, 0.29) is 5.97 Å². The maximum absolute atomic E-state index is 10.9. The largest absolute Gasteiger partial charge is 0.503 e. The standard InChI is InChI=1S/C18H30O2.CH2O3/c1-2-18(19)20-14-6-7-15-10-12-17(13-11-15)16-8-4-3-5-9-16;2-1(3)4/h2,15-17H,1,3-14H2;(H2,2,3,4). The Morgan fingerprint density at radius 3 is 2.04 bits per heavy atom. The lowest BCUT2D eigenvalue weighted by molar-refractivity contribution is -0.137. The van der Waals surface area contributed by atoms with Gasteiger partial charge in [-0.25, -0.2) is 9.59 Å². The molecule has 0 spiro atoms. The van der Waals surface area contributed by atoms with Crippen LogP contribution in [0.2, 0.25) is 0 Å². The van der Waals surface area contributed by atoms with Gasteiger partial charge in [0, 0.05) is 6.08 Å². The zero-order chi connectivity index (χ0) is 17.8. The van der Waals surface area contributed by atoms with E-state index in [9.17, 15) is 4.79 Å². The zero-order valence-corrected chi connectivity index (χ0v) is 14.6. The first-order valence-electron chi connectivity index (χ1n) is 9.24. The molecule has 0 aliphatic heterocycles. The Morgan fingerprint density at radius 1 is 0.958 bits per heavy atom. The number of carbonyl (C=O) groups excluding carboxylic acids is 1. The number of hydrogen-bond acceptors (Lipinski definition) is 3. The number of carbonyl (C=O) groups is 2. The average Bonchev–Trinajstić information content (AvgIpc) is 2.59. The van der Waals surface area contributed by atoms with E-state index in [2.05, 4.69) is 6.58 Å². The summed E-state index contributed by atoms with van der Waals surface area (Å²) in [7, 11) is 0. The van der Waals surface area contributed by atoms with Crippen LogP contribution in [0.15, 0.2) is 12.7 Å². The lowest BCUT2D eigenvalue weighted by Crippen LogP contribution is -2.23. The molecule has 2 N–H and O–H groups in total. The highest BCUT2D eigenvalue weighted by molar-refractivity contribution is 5.81. The van der Waals surface area contributed by atoms with E-state index in [4.69, 9.17) is 19.7 Å². The summed E-state index contributed by atoms with van der Waals surface area (Å²) in [5.41, 5.74) is 0. The molecule has 0 unspecified atom stereocenters. The third-order valence-electron chi connectivity index (χ3n) is 5.38. The first kappa shape index (κ1) is 20.5. The Labute approximate surface area is 145 Å². The van der Waals surface area contributed by atoms with Crippen molar-refractivity contribution in [3.63, 3.8) is 0 Å². The highest BCUT2D eigenvalue weighted by Crippen LogP contribution is 2.40. The number of esters is 1. The van der Waals surface area contributed by atoms with E-state index in [1.54, 1.807) is 0 Å².